The van der Waals surface area contributed by atoms with E-state index in [1.165, 1.54) is 23.9 Å². The predicted molar refractivity (Wildman–Crippen MR) is 108 cm³/mol. The van der Waals surface area contributed by atoms with Crippen molar-refractivity contribution in [3.8, 4) is 0 Å². The standard InChI is InChI=1S/C19H26N4O4/c1-14(7-6-8-15(2)19(3,4)5)11-12-20-21-17-10-9-16(22(24)25)13-18(17)23(26)27/h8-13,21H,6-7H2,1-5H3/b14-11+,15-8-,20-12-. The number of benzene rings is 1. The van der Waals surface area contributed by atoms with Gasteiger partial charge in [-0.1, -0.05) is 38.0 Å². The van der Waals surface area contributed by atoms with E-state index in [2.05, 4.69) is 44.3 Å². The van der Waals surface area contributed by atoms with Crippen LogP contribution in [0.2, 0.25) is 0 Å². The van der Waals surface area contributed by atoms with Gasteiger partial charge in [-0.25, -0.2) is 0 Å². The van der Waals surface area contributed by atoms with E-state index in [0.717, 1.165) is 24.5 Å². The zero-order chi connectivity index (χ0) is 20.6. The molecule has 0 amide bonds. The number of anilines is 1. The highest BCUT2D eigenvalue weighted by molar-refractivity contribution is 5.74. The molecule has 146 valence electrons. The van der Waals surface area contributed by atoms with Crippen LogP contribution in [-0.4, -0.2) is 16.1 Å². The lowest BCUT2D eigenvalue weighted by Crippen LogP contribution is -2.06. The summed E-state index contributed by atoms with van der Waals surface area (Å²) < 4.78 is 0. The number of hydrazone groups is 1. The molecule has 0 aliphatic rings. The van der Waals surface area contributed by atoms with Crippen LogP contribution < -0.4 is 5.43 Å². The van der Waals surface area contributed by atoms with Crippen molar-refractivity contribution in [2.45, 2.75) is 47.5 Å². The van der Waals surface area contributed by atoms with Gasteiger partial charge in [-0.3, -0.25) is 25.7 Å². The first-order chi connectivity index (χ1) is 12.5. The smallest absolute Gasteiger partial charge is 0.272 e. The molecule has 27 heavy (non-hydrogen) atoms. The number of nitro benzene ring substituents is 2. The maximum Gasteiger partial charge on any atom is 0.301 e. The minimum absolute atomic E-state index is 0.0941. The zero-order valence-electron chi connectivity index (χ0n) is 16.4. The minimum Gasteiger partial charge on any atom is -0.272 e. The molecule has 1 N–H and O–H groups in total. The largest absolute Gasteiger partial charge is 0.301 e. The molecule has 0 saturated heterocycles. The van der Waals surface area contributed by atoms with Gasteiger partial charge in [-0.2, -0.15) is 5.10 Å². The van der Waals surface area contributed by atoms with Crippen LogP contribution >= 0.6 is 0 Å². The van der Waals surface area contributed by atoms with Crippen LogP contribution in [0.25, 0.3) is 0 Å². The quantitative estimate of drug-likeness (QED) is 0.275. The van der Waals surface area contributed by atoms with Crippen molar-refractivity contribution in [3.63, 3.8) is 0 Å². The molecule has 1 rings (SSSR count). The highest BCUT2D eigenvalue weighted by Crippen LogP contribution is 2.29. The summed E-state index contributed by atoms with van der Waals surface area (Å²) in [5.41, 5.74) is 4.55. The molecule has 8 heteroatoms. The van der Waals surface area contributed by atoms with Gasteiger partial charge in [0, 0.05) is 12.3 Å². The van der Waals surface area contributed by atoms with E-state index in [9.17, 15) is 20.2 Å². The molecular weight excluding hydrogens is 348 g/mol. The van der Waals surface area contributed by atoms with Gasteiger partial charge >= 0.3 is 5.69 Å². The Hall–Kier alpha value is -3.03. The minimum atomic E-state index is -0.685. The SMILES string of the molecule is C/C(=C/CC/C(C)=C/C=N\Nc1ccc([N+](=O)[O-])cc1[N+](=O)[O-])C(C)(C)C. The molecule has 0 atom stereocenters. The number of nitrogens with zero attached hydrogens (tertiary/aromatic N) is 3. The molecule has 0 aliphatic carbocycles. The van der Waals surface area contributed by atoms with Gasteiger partial charge < -0.3 is 0 Å². The molecule has 0 fully saturated rings. The van der Waals surface area contributed by atoms with E-state index in [1.54, 1.807) is 0 Å². The Kier molecular flexibility index (Phi) is 7.83. The van der Waals surface area contributed by atoms with Crippen LogP contribution in [0.1, 0.15) is 47.5 Å². The van der Waals surface area contributed by atoms with Crippen LogP contribution in [-0.2, 0) is 0 Å². The van der Waals surface area contributed by atoms with Gasteiger partial charge in [0.15, 0.2) is 0 Å². The average Bonchev–Trinajstić information content (AvgIpc) is 2.57. The van der Waals surface area contributed by atoms with Crippen LogP contribution in [0.15, 0.2) is 46.6 Å². The number of nitrogens with one attached hydrogen (secondary N) is 1. The van der Waals surface area contributed by atoms with Gasteiger partial charge in [0.1, 0.15) is 5.69 Å². The van der Waals surface area contributed by atoms with E-state index in [4.69, 9.17) is 0 Å². The summed E-state index contributed by atoms with van der Waals surface area (Å²) in [5, 5.41) is 25.7. The van der Waals surface area contributed by atoms with E-state index in [-0.39, 0.29) is 16.8 Å². The Morgan fingerprint density at radius 2 is 1.85 bits per heavy atom. The molecule has 0 heterocycles. The highest BCUT2D eigenvalue weighted by atomic mass is 16.6. The average molecular weight is 374 g/mol. The summed E-state index contributed by atoms with van der Waals surface area (Å²) in [4.78, 5) is 20.4. The third-order valence-electron chi connectivity index (χ3n) is 4.18. The summed E-state index contributed by atoms with van der Waals surface area (Å²) in [6, 6.07) is 3.36. The number of hydrogen-bond acceptors (Lipinski definition) is 6. The van der Waals surface area contributed by atoms with Gasteiger partial charge in [-0.15, -0.1) is 0 Å². The van der Waals surface area contributed by atoms with E-state index >= 15 is 0 Å². The number of hydrogen-bond donors (Lipinski definition) is 1. The summed E-state index contributed by atoms with van der Waals surface area (Å²) in [6.45, 7) is 10.6. The van der Waals surface area contributed by atoms with Crippen molar-refractivity contribution in [1.29, 1.82) is 0 Å². The highest BCUT2D eigenvalue weighted by Gasteiger charge is 2.19. The Labute approximate surface area is 159 Å². The zero-order valence-corrected chi connectivity index (χ0v) is 16.4. The molecule has 0 spiro atoms. The molecule has 1 aromatic carbocycles. The molecule has 0 radical (unpaired) electrons. The summed E-state index contributed by atoms with van der Waals surface area (Å²) in [6.07, 6.45) is 7.38. The molecular formula is C19H26N4O4. The lowest BCUT2D eigenvalue weighted by Gasteiger charge is -2.19. The van der Waals surface area contributed by atoms with Crippen LogP contribution in [0.5, 0.6) is 0 Å². The topological polar surface area (TPSA) is 111 Å². The van der Waals surface area contributed by atoms with Crippen molar-refractivity contribution in [2.24, 2.45) is 10.5 Å². The fourth-order valence-electron chi connectivity index (χ4n) is 2.06. The third-order valence-corrected chi connectivity index (χ3v) is 4.18. The number of nitro groups is 2. The van der Waals surface area contributed by atoms with Crippen LogP contribution in [0.3, 0.4) is 0 Å². The van der Waals surface area contributed by atoms with Crippen LogP contribution in [0, 0.1) is 25.6 Å². The van der Waals surface area contributed by atoms with Crippen molar-refractivity contribution in [3.05, 3.63) is 61.7 Å². The Balaban J connectivity index is 2.70. The third kappa shape index (κ3) is 7.39. The van der Waals surface area contributed by atoms with Crippen molar-refractivity contribution in [1.82, 2.24) is 0 Å². The Bertz CT molecular complexity index is 789. The summed E-state index contributed by atoms with van der Waals surface area (Å²) in [7, 11) is 0. The molecule has 0 unspecified atom stereocenters. The molecule has 0 bridgehead atoms. The first kappa shape index (κ1) is 22.0. The van der Waals surface area contributed by atoms with Crippen molar-refractivity contribution in [2.75, 3.05) is 5.43 Å². The number of rotatable bonds is 8. The van der Waals surface area contributed by atoms with E-state index < -0.39 is 15.5 Å². The van der Waals surface area contributed by atoms with Crippen LogP contribution in [0.4, 0.5) is 17.1 Å². The normalized spacial score (nSPS) is 13.1. The second-order valence-electron chi connectivity index (χ2n) is 7.29. The van der Waals surface area contributed by atoms with Gasteiger partial charge in [0.2, 0.25) is 0 Å². The first-order valence-corrected chi connectivity index (χ1v) is 8.57. The number of non-ortho nitro benzene ring substituents is 1. The van der Waals surface area contributed by atoms with E-state index in [0.29, 0.717) is 0 Å². The number of allylic oxidation sites excluding steroid dienone is 4. The lowest BCUT2D eigenvalue weighted by molar-refractivity contribution is -0.393. The van der Waals surface area contributed by atoms with Crippen molar-refractivity contribution < 1.29 is 9.85 Å². The van der Waals surface area contributed by atoms with Gasteiger partial charge in [0.05, 0.1) is 15.9 Å². The monoisotopic (exact) mass is 374 g/mol. The first-order valence-electron chi connectivity index (χ1n) is 8.57. The Morgan fingerprint density at radius 3 is 2.41 bits per heavy atom. The van der Waals surface area contributed by atoms with Gasteiger partial charge in [-0.05, 0) is 44.2 Å². The second-order valence-corrected chi connectivity index (χ2v) is 7.29. The summed E-state index contributed by atoms with van der Waals surface area (Å²) in [5.74, 6) is 0. The van der Waals surface area contributed by atoms with Gasteiger partial charge in [0.25, 0.3) is 5.69 Å². The predicted octanol–water partition coefficient (Wildman–Crippen LogP) is 5.62. The Morgan fingerprint density at radius 1 is 1.19 bits per heavy atom. The second kappa shape index (κ2) is 9.61. The molecule has 0 aliphatic heterocycles. The van der Waals surface area contributed by atoms with Crippen molar-refractivity contribution >= 4 is 23.3 Å². The van der Waals surface area contributed by atoms with E-state index in [1.807, 2.05) is 13.0 Å². The molecule has 8 nitrogen and oxygen atoms in total. The summed E-state index contributed by atoms with van der Waals surface area (Å²) >= 11 is 0. The maximum atomic E-state index is 11.1. The maximum absolute atomic E-state index is 11.1. The fourth-order valence-corrected chi connectivity index (χ4v) is 2.06. The molecule has 0 saturated carbocycles. The lowest BCUT2D eigenvalue weighted by atomic mass is 9.87. The molecule has 1 aromatic rings. The molecule has 0 aromatic heterocycles. The fraction of sp³-hybridized carbons (Fsp3) is 0.421.